The van der Waals surface area contributed by atoms with Crippen LogP contribution < -0.4 is 20.5 Å². The summed E-state index contributed by atoms with van der Waals surface area (Å²) in [6.07, 6.45) is 2.47. The maximum absolute atomic E-state index is 12.6. The second-order valence-electron chi connectivity index (χ2n) is 8.44. The highest BCUT2D eigenvalue weighted by Gasteiger charge is 2.27. The van der Waals surface area contributed by atoms with Crippen LogP contribution in [0.3, 0.4) is 0 Å². The molecule has 0 saturated carbocycles. The van der Waals surface area contributed by atoms with Crippen molar-refractivity contribution in [2.45, 2.75) is 45.2 Å². The molecule has 188 valence electrons. The number of piperidine rings is 1. The lowest BCUT2D eigenvalue weighted by Crippen LogP contribution is -2.42. The molecule has 10 nitrogen and oxygen atoms in total. The number of nitrogens with one attached hydrogen (secondary N) is 1. The van der Waals surface area contributed by atoms with Crippen LogP contribution in [-0.4, -0.2) is 79.3 Å². The van der Waals surface area contributed by atoms with Crippen LogP contribution in [0.5, 0.6) is 11.5 Å². The molecule has 0 aliphatic carbocycles. The Hall–Kier alpha value is -2.85. The maximum Gasteiger partial charge on any atom is 0.345 e. The molecule has 0 atom stereocenters. The molecule has 0 spiro atoms. The molecule has 0 radical (unpaired) electrons. The molecular formula is C24H37N5O5. The standard InChI is InChI=1S/C24H37N5O5/c1-5-28-23(26-29(24(28)31)14-15-32-2)19-9-12-27(13-10-19)17-22(30)25-11-8-18-6-7-20(33-3)21(16-18)34-4/h6-7,16,19H,5,8-15,17H2,1-4H3,(H,25,30). The summed E-state index contributed by atoms with van der Waals surface area (Å²) in [6, 6.07) is 5.78. The van der Waals surface area contributed by atoms with E-state index in [1.807, 2.05) is 25.1 Å². The van der Waals surface area contributed by atoms with Crippen LogP contribution in [0.2, 0.25) is 0 Å². The van der Waals surface area contributed by atoms with Crippen molar-refractivity contribution in [1.29, 1.82) is 0 Å². The average molecular weight is 476 g/mol. The number of aromatic nitrogens is 3. The van der Waals surface area contributed by atoms with Crippen molar-refractivity contribution in [3.05, 3.63) is 40.1 Å². The van der Waals surface area contributed by atoms with Crippen molar-refractivity contribution in [3.8, 4) is 11.5 Å². The lowest BCUT2D eigenvalue weighted by Gasteiger charge is -2.30. The van der Waals surface area contributed by atoms with E-state index in [1.165, 1.54) is 4.68 Å². The first-order chi connectivity index (χ1) is 16.5. The van der Waals surface area contributed by atoms with Gasteiger partial charge in [0.15, 0.2) is 11.5 Å². The van der Waals surface area contributed by atoms with Gasteiger partial charge in [0, 0.05) is 26.1 Å². The predicted octanol–water partition coefficient (Wildman–Crippen LogP) is 1.27. The summed E-state index contributed by atoms with van der Waals surface area (Å²) in [7, 11) is 4.84. The molecule has 1 amide bonds. The summed E-state index contributed by atoms with van der Waals surface area (Å²) in [6.45, 7) is 6.02. The van der Waals surface area contributed by atoms with E-state index in [1.54, 1.807) is 25.9 Å². The first-order valence-corrected chi connectivity index (χ1v) is 11.9. The number of carbonyl (C=O) groups is 1. The van der Waals surface area contributed by atoms with Gasteiger partial charge in [-0.25, -0.2) is 9.48 Å². The van der Waals surface area contributed by atoms with Crippen molar-refractivity contribution < 1.29 is 19.0 Å². The van der Waals surface area contributed by atoms with Gasteiger partial charge in [0.2, 0.25) is 5.91 Å². The maximum atomic E-state index is 12.6. The molecule has 1 aliphatic heterocycles. The van der Waals surface area contributed by atoms with E-state index in [0.717, 1.165) is 37.3 Å². The second kappa shape index (κ2) is 12.6. The van der Waals surface area contributed by atoms with Gasteiger partial charge in [-0.3, -0.25) is 14.3 Å². The summed E-state index contributed by atoms with van der Waals surface area (Å²) in [4.78, 5) is 27.2. The fourth-order valence-corrected chi connectivity index (χ4v) is 4.37. The zero-order valence-corrected chi connectivity index (χ0v) is 20.7. The molecule has 1 N–H and O–H groups in total. The Morgan fingerprint density at radius 2 is 1.88 bits per heavy atom. The molecule has 2 heterocycles. The number of benzene rings is 1. The summed E-state index contributed by atoms with van der Waals surface area (Å²) in [5.41, 5.74) is 0.997. The Labute approximate surface area is 200 Å². The molecule has 0 unspecified atom stereocenters. The van der Waals surface area contributed by atoms with E-state index in [-0.39, 0.29) is 17.5 Å². The number of amides is 1. The molecule has 2 aromatic rings. The molecule has 1 aliphatic rings. The highest BCUT2D eigenvalue weighted by molar-refractivity contribution is 5.78. The smallest absolute Gasteiger partial charge is 0.345 e. The largest absolute Gasteiger partial charge is 0.493 e. The molecular weight excluding hydrogens is 438 g/mol. The fourth-order valence-electron chi connectivity index (χ4n) is 4.37. The van der Waals surface area contributed by atoms with Crippen molar-refractivity contribution >= 4 is 5.91 Å². The quantitative estimate of drug-likeness (QED) is 0.493. The van der Waals surface area contributed by atoms with Crippen LogP contribution in [0.4, 0.5) is 0 Å². The summed E-state index contributed by atoms with van der Waals surface area (Å²) >= 11 is 0. The topological polar surface area (TPSA) is 99.9 Å². The van der Waals surface area contributed by atoms with E-state index in [0.29, 0.717) is 50.7 Å². The van der Waals surface area contributed by atoms with E-state index in [2.05, 4.69) is 15.3 Å². The average Bonchev–Trinajstić information content (AvgIpc) is 3.18. The Bertz CT molecular complexity index is 994. The third kappa shape index (κ3) is 6.38. The predicted molar refractivity (Wildman–Crippen MR) is 129 cm³/mol. The first-order valence-electron chi connectivity index (χ1n) is 11.9. The zero-order valence-electron chi connectivity index (χ0n) is 20.7. The number of methoxy groups -OCH3 is 3. The van der Waals surface area contributed by atoms with Gasteiger partial charge in [0.05, 0.1) is 33.9 Å². The summed E-state index contributed by atoms with van der Waals surface area (Å²) in [5, 5.41) is 7.60. The number of rotatable bonds is 12. The lowest BCUT2D eigenvalue weighted by molar-refractivity contribution is -0.122. The normalized spacial score (nSPS) is 14.8. The van der Waals surface area contributed by atoms with Crippen LogP contribution in [0.15, 0.2) is 23.0 Å². The van der Waals surface area contributed by atoms with Gasteiger partial charge in [-0.1, -0.05) is 6.07 Å². The van der Waals surface area contributed by atoms with Gasteiger partial charge in [-0.05, 0) is 57.0 Å². The van der Waals surface area contributed by atoms with E-state index in [9.17, 15) is 9.59 Å². The molecule has 1 aromatic carbocycles. The molecule has 10 heteroatoms. The molecule has 1 saturated heterocycles. The lowest BCUT2D eigenvalue weighted by atomic mass is 9.96. The molecule has 0 bridgehead atoms. The van der Waals surface area contributed by atoms with Crippen molar-refractivity contribution in [2.75, 3.05) is 54.1 Å². The van der Waals surface area contributed by atoms with Crippen molar-refractivity contribution in [1.82, 2.24) is 24.6 Å². The van der Waals surface area contributed by atoms with Crippen LogP contribution in [-0.2, 0) is 29.0 Å². The number of likely N-dealkylation sites (tertiary alicyclic amines) is 1. The van der Waals surface area contributed by atoms with E-state index >= 15 is 0 Å². The van der Waals surface area contributed by atoms with E-state index < -0.39 is 0 Å². The van der Waals surface area contributed by atoms with E-state index in [4.69, 9.17) is 14.2 Å². The molecule has 1 fully saturated rings. The monoisotopic (exact) mass is 475 g/mol. The van der Waals surface area contributed by atoms with Crippen LogP contribution in [0, 0.1) is 0 Å². The van der Waals surface area contributed by atoms with Gasteiger partial charge in [-0.2, -0.15) is 5.10 Å². The van der Waals surface area contributed by atoms with Gasteiger partial charge in [-0.15, -0.1) is 0 Å². The molecule has 34 heavy (non-hydrogen) atoms. The van der Waals surface area contributed by atoms with Gasteiger partial charge in [0.1, 0.15) is 5.82 Å². The summed E-state index contributed by atoms with van der Waals surface area (Å²) in [5.74, 6) is 2.47. The SMILES string of the molecule is CCn1c(C2CCN(CC(=O)NCCc3ccc(OC)c(OC)c3)CC2)nn(CCOC)c1=O. The Kier molecular flexibility index (Phi) is 9.52. The molecule has 1 aromatic heterocycles. The minimum Gasteiger partial charge on any atom is -0.493 e. The number of hydrogen-bond acceptors (Lipinski definition) is 7. The van der Waals surface area contributed by atoms with Gasteiger partial charge in [0.25, 0.3) is 0 Å². The van der Waals surface area contributed by atoms with Crippen molar-refractivity contribution in [2.24, 2.45) is 0 Å². The van der Waals surface area contributed by atoms with Gasteiger partial charge >= 0.3 is 5.69 Å². The highest BCUT2D eigenvalue weighted by Crippen LogP contribution is 2.28. The summed E-state index contributed by atoms with van der Waals surface area (Å²) < 4.78 is 18.9. The van der Waals surface area contributed by atoms with Crippen LogP contribution in [0.25, 0.3) is 0 Å². The zero-order chi connectivity index (χ0) is 24.5. The van der Waals surface area contributed by atoms with Crippen molar-refractivity contribution in [3.63, 3.8) is 0 Å². The third-order valence-electron chi connectivity index (χ3n) is 6.28. The number of ether oxygens (including phenoxy) is 3. The number of hydrogen-bond donors (Lipinski definition) is 1. The molecule has 3 rings (SSSR count). The van der Waals surface area contributed by atoms with Crippen LogP contribution >= 0.6 is 0 Å². The highest BCUT2D eigenvalue weighted by atomic mass is 16.5. The fraction of sp³-hybridized carbons (Fsp3) is 0.625. The minimum atomic E-state index is -0.0779. The number of nitrogens with zero attached hydrogens (tertiary/aromatic N) is 4. The minimum absolute atomic E-state index is 0.0215. The first kappa shape index (κ1) is 25.8. The second-order valence-corrected chi connectivity index (χ2v) is 8.44. The van der Waals surface area contributed by atoms with Gasteiger partial charge < -0.3 is 19.5 Å². The third-order valence-corrected chi connectivity index (χ3v) is 6.28. The Balaban J connectivity index is 1.45. The van der Waals surface area contributed by atoms with Crippen LogP contribution in [0.1, 0.15) is 37.1 Å². The Morgan fingerprint density at radius 1 is 1.15 bits per heavy atom. The number of carbonyl (C=O) groups excluding carboxylic acids is 1. The Morgan fingerprint density at radius 3 is 2.53 bits per heavy atom.